The van der Waals surface area contributed by atoms with Crippen LogP contribution in [0, 0.1) is 13.8 Å². The predicted molar refractivity (Wildman–Crippen MR) is 169 cm³/mol. The standard InChI is InChI=1S/C32H40BrN3O4S/c1-5-18-34-32(38)30(22-26-11-7-6-8-12-26)35(23-27-13-9-14-28(33)21-27)31(37)15-10-19-36(41(4,39)40)29-17-16-24(2)25(3)20-29/h6-9,11-14,16-17,20-21,30H,5,10,15,18-19,22-23H2,1-4H3,(H,34,38)/t30-/m1/s1. The average molecular weight is 643 g/mol. The number of sulfonamides is 1. The zero-order valence-electron chi connectivity index (χ0n) is 24.3. The molecule has 7 nitrogen and oxygen atoms in total. The molecule has 0 radical (unpaired) electrons. The summed E-state index contributed by atoms with van der Waals surface area (Å²) in [4.78, 5) is 29.0. The molecule has 0 fully saturated rings. The maximum atomic E-state index is 13.9. The van der Waals surface area contributed by atoms with E-state index in [0.29, 0.717) is 25.1 Å². The van der Waals surface area contributed by atoms with Gasteiger partial charge in [0, 0.05) is 36.9 Å². The number of anilines is 1. The summed E-state index contributed by atoms with van der Waals surface area (Å²) in [6.45, 7) is 6.83. The summed E-state index contributed by atoms with van der Waals surface area (Å²) < 4.78 is 27.6. The summed E-state index contributed by atoms with van der Waals surface area (Å²) in [6.07, 6.45) is 2.73. The predicted octanol–water partition coefficient (Wildman–Crippen LogP) is 5.78. The molecule has 0 aliphatic heterocycles. The molecule has 2 amide bonds. The quantitative estimate of drug-likeness (QED) is 0.242. The lowest BCUT2D eigenvalue weighted by molar-refractivity contribution is -0.141. The smallest absolute Gasteiger partial charge is 0.243 e. The number of halogens is 1. The molecule has 0 aliphatic rings. The number of hydrogen-bond acceptors (Lipinski definition) is 4. The molecular formula is C32H40BrN3O4S. The number of carbonyl (C=O) groups is 2. The number of aryl methyl sites for hydroxylation is 2. The topological polar surface area (TPSA) is 86.8 Å². The Kier molecular flexibility index (Phi) is 12.0. The fraction of sp³-hybridized carbons (Fsp3) is 0.375. The first kappa shape index (κ1) is 32.3. The Morgan fingerprint density at radius 2 is 1.63 bits per heavy atom. The van der Waals surface area contributed by atoms with Gasteiger partial charge in [0.15, 0.2) is 0 Å². The van der Waals surface area contributed by atoms with E-state index < -0.39 is 16.1 Å². The fourth-order valence-corrected chi connectivity index (χ4v) is 6.04. The monoisotopic (exact) mass is 641 g/mol. The molecule has 3 aromatic rings. The van der Waals surface area contributed by atoms with Gasteiger partial charge in [-0.2, -0.15) is 0 Å². The molecule has 3 rings (SSSR count). The zero-order chi connectivity index (χ0) is 30.0. The van der Waals surface area contributed by atoms with E-state index in [2.05, 4.69) is 21.2 Å². The van der Waals surface area contributed by atoms with Crippen molar-refractivity contribution in [2.45, 2.75) is 59.0 Å². The Balaban J connectivity index is 1.88. The van der Waals surface area contributed by atoms with Gasteiger partial charge in [-0.1, -0.05) is 71.4 Å². The van der Waals surface area contributed by atoms with Crippen molar-refractivity contribution in [3.63, 3.8) is 0 Å². The Hall–Kier alpha value is -3.17. The van der Waals surface area contributed by atoms with Gasteiger partial charge in [0.1, 0.15) is 6.04 Å². The zero-order valence-corrected chi connectivity index (χ0v) is 26.7. The minimum absolute atomic E-state index is 0.0945. The van der Waals surface area contributed by atoms with Crippen LogP contribution in [0.1, 0.15) is 48.4 Å². The Morgan fingerprint density at radius 3 is 2.27 bits per heavy atom. The molecule has 0 unspecified atom stereocenters. The van der Waals surface area contributed by atoms with E-state index in [1.165, 1.54) is 10.6 Å². The lowest BCUT2D eigenvalue weighted by Crippen LogP contribution is -2.50. The minimum atomic E-state index is -3.56. The number of nitrogens with one attached hydrogen (secondary N) is 1. The van der Waals surface area contributed by atoms with E-state index in [-0.39, 0.29) is 31.3 Å². The maximum absolute atomic E-state index is 13.9. The third kappa shape index (κ3) is 9.71. The second-order valence-corrected chi connectivity index (χ2v) is 13.2. The van der Waals surface area contributed by atoms with Crippen molar-refractivity contribution in [3.8, 4) is 0 Å². The van der Waals surface area contributed by atoms with Crippen LogP contribution < -0.4 is 9.62 Å². The van der Waals surface area contributed by atoms with Crippen molar-refractivity contribution < 1.29 is 18.0 Å². The molecule has 0 spiro atoms. The molecule has 220 valence electrons. The van der Waals surface area contributed by atoms with Crippen molar-refractivity contribution >= 4 is 43.5 Å². The molecule has 0 heterocycles. The normalized spacial score (nSPS) is 12.0. The van der Waals surface area contributed by atoms with Gasteiger partial charge in [0.25, 0.3) is 0 Å². The highest BCUT2D eigenvalue weighted by atomic mass is 79.9. The number of nitrogens with zero attached hydrogens (tertiary/aromatic N) is 2. The number of rotatable bonds is 14. The van der Waals surface area contributed by atoms with Crippen molar-refractivity contribution in [2.75, 3.05) is 23.7 Å². The first-order chi connectivity index (χ1) is 19.5. The highest BCUT2D eigenvalue weighted by molar-refractivity contribution is 9.10. The van der Waals surface area contributed by atoms with Gasteiger partial charge in [0.05, 0.1) is 11.9 Å². The van der Waals surface area contributed by atoms with Crippen LogP contribution in [0.3, 0.4) is 0 Å². The van der Waals surface area contributed by atoms with Crippen molar-refractivity contribution in [1.82, 2.24) is 10.2 Å². The van der Waals surface area contributed by atoms with E-state index in [4.69, 9.17) is 0 Å². The van der Waals surface area contributed by atoms with Crippen LogP contribution in [-0.2, 0) is 32.6 Å². The summed E-state index contributed by atoms with van der Waals surface area (Å²) in [5.74, 6) is -0.405. The molecule has 0 saturated carbocycles. The first-order valence-electron chi connectivity index (χ1n) is 13.9. The lowest BCUT2D eigenvalue weighted by atomic mass is 10.0. The molecule has 41 heavy (non-hydrogen) atoms. The molecule has 0 saturated heterocycles. The number of carbonyl (C=O) groups excluding carboxylic acids is 2. The summed E-state index contributed by atoms with van der Waals surface area (Å²) >= 11 is 3.51. The second-order valence-electron chi connectivity index (χ2n) is 10.4. The van der Waals surface area contributed by atoms with Gasteiger partial charge < -0.3 is 10.2 Å². The number of amides is 2. The van der Waals surface area contributed by atoms with Crippen LogP contribution in [0.2, 0.25) is 0 Å². The van der Waals surface area contributed by atoms with Crippen LogP contribution >= 0.6 is 15.9 Å². The van der Waals surface area contributed by atoms with Gasteiger partial charge in [-0.3, -0.25) is 13.9 Å². The SMILES string of the molecule is CCCNC(=O)[C@@H](Cc1ccccc1)N(Cc1cccc(Br)c1)C(=O)CCCN(c1ccc(C)c(C)c1)S(C)(=O)=O. The van der Waals surface area contributed by atoms with E-state index in [1.54, 1.807) is 11.0 Å². The summed E-state index contributed by atoms with van der Waals surface area (Å²) in [6, 6.07) is 22.2. The van der Waals surface area contributed by atoms with Gasteiger partial charge in [0.2, 0.25) is 21.8 Å². The van der Waals surface area contributed by atoms with Gasteiger partial charge in [-0.25, -0.2) is 8.42 Å². The van der Waals surface area contributed by atoms with Gasteiger partial charge >= 0.3 is 0 Å². The molecule has 1 N–H and O–H groups in total. The third-order valence-corrected chi connectivity index (χ3v) is 8.68. The van der Waals surface area contributed by atoms with Crippen molar-refractivity contribution in [1.29, 1.82) is 0 Å². The Morgan fingerprint density at radius 1 is 0.927 bits per heavy atom. The van der Waals surface area contributed by atoms with Crippen molar-refractivity contribution in [3.05, 3.63) is 99.5 Å². The Labute approximate surface area is 253 Å². The van der Waals surface area contributed by atoms with Gasteiger partial charge in [-0.05, 0) is 73.2 Å². The van der Waals surface area contributed by atoms with Crippen LogP contribution in [0.15, 0.2) is 77.3 Å². The molecule has 3 aromatic carbocycles. The fourth-order valence-electron chi connectivity index (χ4n) is 4.64. The average Bonchev–Trinajstić information content (AvgIpc) is 2.93. The molecule has 1 atom stereocenters. The Bertz CT molecular complexity index is 1430. The molecule has 0 aliphatic carbocycles. The molecule has 0 aromatic heterocycles. The number of hydrogen-bond donors (Lipinski definition) is 1. The minimum Gasteiger partial charge on any atom is -0.354 e. The van der Waals surface area contributed by atoms with Gasteiger partial charge in [-0.15, -0.1) is 0 Å². The van der Waals surface area contributed by atoms with Crippen LogP contribution in [0.5, 0.6) is 0 Å². The van der Waals surface area contributed by atoms with Crippen molar-refractivity contribution in [2.24, 2.45) is 0 Å². The summed E-state index contributed by atoms with van der Waals surface area (Å²) in [5, 5.41) is 2.98. The van der Waals surface area contributed by atoms with Crippen LogP contribution in [-0.4, -0.2) is 50.5 Å². The third-order valence-electron chi connectivity index (χ3n) is 6.99. The molecule has 0 bridgehead atoms. The van der Waals surface area contributed by atoms with E-state index in [1.807, 2.05) is 87.5 Å². The molecular weight excluding hydrogens is 602 g/mol. The number of benzene rings is 3. The first-order valence-corrected chi connectivity index (χ1v) is 16.5. The molecule has 9 heteroatoms. The summed E-state index contributed by atoms with van der Waals surface area (Å²) in [7, 11) is -3.56. The van der Waals surface area contributed by atoms with Crippen LogP contribution in [0.4, 0.5) is 5.69 Å². The van der Waals surface area contributed by atoms with E-state index in [0.717, 1.165) is 33.1 Å². The summed E-state index contributed by atoms with van der Waals surface area (Å²) in [5.41, 5.74) is 4.49. The van der Waals surface area contributed by atoms with E-state index in [9.17, 15) is 18.0 Å². The van der Waals surface area contributed by atoms with Crippen LogP contribution in [0.25, 0.3) is 0 Å². The highest BCUT2D eigenvalue weighted by Gasteiger charge is 2.30. The second kappa shape index (κ2) is 15.2. The van der Waals surface area contributed by atoms with E-state index >= 15 is 0 Å². The highest BCUT2D eigenvalue weighted by Crippen LogP contribution is 2.23. The largest absolute Gasteiger partial charge is 0.354 e. The maximum Gasteiger partial charge on any atom is 0.243 e. The lowest BCUT2D eigenvalue weighted by Gasteiger charge is -2.32.